The minimum absolute atomic E-state index is 0.0786. The van der Waals surface area contributed by atoms with Crippen LogP contribution < -0.4 is 0 Å². The summed E-state index contributed by atoms with van der Waals surface area (Å²) in [5, 5.41) is 11.4. The summed E-state index contributed by atoms with van der Waals surface area (Å²) < 4.78 is 5.33. The van der Waals surface area contributed by atoms with Gasteiger partial charge in [0.05, 0.1) is 0 Å². The lowest BCUT2D eigenvalue weighted by molar-refractivity contribution is -0.170. The van der Waals surface area contributed by atoms with Crippen molar-refractivity contribution in [3.05, 3.63) is 48.0 Å². The minimum Gasteiger partial charge on any atom is -0.480 e. The van der Waals surface area contributed by atoms with Crippen LogP contribution in [0.2, 0.25) is 0 Å². The van der Waals surface area contributed by atoms with Crippen molar-refractivity contribution >= 4 is 22.7 Å². The number of ether oxygens (including phenoxy) is 1. The van der Waals surface area contributed by atoms with Crippen molar-refractivity contribution in [2.75, 3.05) is 0 Å². The molecule has 22 heavy (non-hydrogen) atoms. The van der Waals surface area contributed by atoms with Crippen LogP contribution in [0.4, 0.5) is 0 Å². The lowest BCUT2D eigenvalue weighted by atomic mass is 9.82. The van der Waals surface area contributed by atoms with Gasteiger partial charge >= 0.3 is 11.9 Å². The number of carbonyl (C=O) groups is 2. The summed E-state index contributed by atoms with van der Waals surface area (Å²) in [4.78, 5) is 23.7. The molecule has 0 unspecified atom stereocenters. The van der Waals surface area contributed by atoms with Gasteiger partial charge in [0.1, 0.15) is 6.61 Å². The van der Waals surface area contributed by atoms with E-state index < -0.39 is 17.4 Å². The molecule has 0 atom stereocenters. The molecule has 2 aromatic rings. The van der Waals surface area contributed by atoms with E-state index in [9.17, 15) is 14.7 Å². The van der Waals surface area contributed by atoms with Gasteiger partial charge in [0, 0.05) is 0 Å². The van der Waals surface area contributed by atoms with E-state index in [0.717, 1.165) is 16.3 Å². The molecule has 0 fully saturated rings. The van der Waals surface area contributed by atoms with Crippen LogP contribution in [0, 0.1) is 5.41 Å². The average molecular weight is 300 g/mol. The van der Waals surface area contributed by atoms with Gasteiger partial charge in [0.2, 0.25) is 0 Å². The zero-order valence-corrected chi connectivity index (χ0v) is 12.8. The lowest BCUT2D eigenvalue weighted by Crippen LogP contribution is -2.39. The summed E-state index contributed by atoms with van der Waals surface area (Å²) in [5.41, 5.74) is -0.581. The molecule has 0 aliphatic carbocycles. The number of carbonyl (C=O) groups excluding carboxylic acids is 1. The highest BCUT2D eigenvalue weighted by molar-refractivity contribution is 5.99. The van der Waals surface area contributed by atoms with E-state index in [0.29, 0.717) is 0 Å². The van der Waals surface area contributed by atoms with E-state index in [2.05, 4.69) is 0 Å². The van der Waals surface area contributed by atoms with Crippen LogP contribution in [0.3, 0.4) is 0 Å². The fraction of sp³-hybridized carbons (Fsp3) is 0.333. The molecule has 0 aromatic heterocycles. The van der Waals surface area contributed by atoms with Gasteiger partial charge < -0.3 is 9.84 Å². The Hall–Kier alpha value is -2.36. The van der Waals surface area contributed by atoms with Gasteiger partial charge in [-0.2, -0.15) is 0 Å². The maximum atomic E-state index is 12.3. The number of hydrogen-bond donors (Lipinski definition) is 1. The number of carboxylic acid groups (broad SMARTS) is 1. The Labute approximate surface area is 129 Å². The summed E-state index contributed by atoms with van der Waals surface area (Å²) in [6.45, 7) is 3.46. The zero-order chi connectivity index (χ0) is 16.2. The fourth-order valence-corrected chi connectivity index (χ4v) is 2.63. The number of aliphatic carboxylic acids is 1. The Morgan fingerprint density at radius 1 is 1.05 bits per heavy atom. The summed E-state index contributed by atoms with van der Waals surface area (Å²) >= 11 is 0. The highest BCUT2D eigenvalue weighted by atomic mass is 16.5. The maximum Gasteiger partial charge on any atom is 0.323 e. The maximum absolute atomic E-state index is 12.3. The van der Waals surface area contributed by atoms with Crippen LogP contribution in [0.15, 0.2) is 42.5 Å². The average Bonchev–Trinajstić information content (AvgIpc) is 2.54. The largest absolute Gasteiger partial charge is 0.480 e. The highest BCUT2D eigenvalue weighted by Crippen LogP contribution is 2.29. The number of carboxylic acids is 1. The van der Waals surface area contributed by atoms with E-state index in [4.69, 9.17) is 4.74 Å². The monoisotopic (exact) mass is 300 g/mol. The molecule has 116 valence electrons. The van der Waals surface area contributed by atoms with Crippen molar-refractivity contribution < 1.29 is 19.4 Å². The topological polar surface area (TPSA) is 63.6 Å². The molecule has 0 amide bonds. The second kappa shape index (κ2) is 6.60. The first-order valence-corrected chi connectivity index (χ1v) is 7.42. The van der Waals surface area contributed by atoms with Gasteiger partial charge in [-0.05, 0) is 29.2 Å². The normalized spacial score (nSPS) is 11.4. The molecule has 0 radical (unpaired) electrons. The first kappa shape index (κ1) is 16.0. The van der Waals surface area contributed by atoms with Crippen molar-refractivity contribution in [1.82, 2.24) is 0 Å². The number of rotatable bonds is 6. The smallest absolute Gasteiger partial charge is 0.323 e. The zero-order valence-electron chi connectivity index (χ0n) is 12.8. The van der Waals surface area contributed by atoms with Crippen LogP contribution in [-0.4, -0.2) is 17.0 Å². The van der Waals surface area contributed by atoms with Gasteiger partial charge in [-0.3, -0.25) is 9.59 Å². The van der Waals surface area contributed by atoms with Gasteiger partial charge in [-0.1, -0.05) is 56.3 Å². The molecule has 0 spiro atoms. The highest BCUT2D eigenvalue weighted by Gasteiger charge is 2.44. The first-order valence-electron chi connectivity index (χ1n) is 7.42. The summed E-state index contributed by atoms with van der Waals surface area (Å²) in [7, 11) is 0. The minimum atomic E-state index is -1.45. The van der Waals surface area contributed by atoms with E-state index in [1.807, 2.05) is 42.5 Å². The quantitative estimate of drug-likeness (QED) is 0.651. The Morgan fingerprint density at radius 3 is 2.32 bits per heavy atom. The molecule has 0 bridgehead atoms. The summed E-state index contributed by atoms with van der Waals surface area (Å²) in [5.74, 6) is -1.79. The third-order valence-corrected chi connectivity index (χ3v) is 4.25. The number of benzene rings is 2. The molecule has 4 heteroatoms. The SMILES string of the molecule is CCC(CC)(C(=O)O)C(=O)OCc1cccc2ccccc12. The van der Waals surface area contributed by atoms with E-state index in [1.165, 1.54) is 0 Å². The first-order chi connectivity index (χ1) is 10.5. The third kappa shape index (κ3) is 2.82. The van der Waals surface area contributed by atoms with Crippen LogP contribution in [0.5, 0.6) is 0 Å². The van der Waals surface area contributed by atoms with E-state index in [-0.39, 0.29) is 19.4 Å². The van der Waals surface area contributed by atoms with Crippen molar-refractivity contribution in [1.29, 1.82) is 0 Å². The second-order valence-corrected chi connectivity index (χ2v) is 5.31. The molecular weight excluding hydrogens is 280 g/mol. The van der Waals surface area contributed by atoms with Gasteiger partial charge in [-0.15, -0.1) is 0 Å². The fourth-order valence-electron chi connectivity index (χ4n) is 2.63. The predicted octanol–water partition coefficient (Wildman–Crippen LogP) is 3.77. The number of hydrogen-bond acceptors (Lipinski definition) is 3. The van der Waals surface area contributed by atoms with Crippen molar-refractivity contribution in [3.63, 3.8) is 0 Å². The molecular formula is C18H20O4. The predicted molar refractivity (Wildman–Crippen MR) is 84.4 cm³/mol. The molecule has 0 aliphatic rings. The second-order valence-electron chi connectivity index (χ2n) is 5.31. The summed E-state index contributed by atoms with van der Waals surface area (Å²) in [6, 6.07) is 13.6. The Kier molecular flexibility index (Phi) is 4.81. The summed E-state index contributed by atoms with van der Waals surface area (Å²) in [6.07, 6.45) is 0.431. The molecule has 1 N–H and O–H groups in total. The van der Waals surface area contributed by atoms with E-state index in [1.54, 1.807) is 13.8 Å². The Morgan fingerprint density at radius 2 is 1.68 bits per heavy atom. The molecule has 4 nitrogen and oxygen atoms in total. The van der Waals surface area contributed by atoms with Crippen LogP contribution in [0.1, 0.15) is 32.3 Å². The number of fused-ring (bicyclic) bond motifs is 1. The third-order valence-electron chi connectivity index (χ3n) is 4.25. The van der Waals surface area contributed by atoms with Crippen LogP contribution in [0.25, 0.3) is 10.8 Å². The molecule has 2 rings (SSSR count). The van der Waals surface area contributed by atoms with Gasteiger partial charge in [-0.25, -0.2) is 0 Å². The molecule has 0 saturated carbocycles. The van der Waals surface area contributed by atoms with Crippen LogP contribution in [-0.2, 0) is 20.9 Å². The van der Waals surface area contributed by atoms with Crippen molar-refractivity contribution in [2.24, 2.45) is 5.41 Å². The van der Waals surface area contributed by atoms with Crippen molar-refractivity contribution in [3.8, 4) is 0 Å². The van der Waals surface area contributed by atoms with Crippen molar-refractivity contribution in [2.45, 2.75) is 33.3 Å². The van der Waals surface area contributed by atoms with Gasteiger partial charge in [0.15, 0.2) is 5.41 Å². The van der Waals surface area contributed by atoms with Crippen LogP contribution >= 0.6 is 0 Å². The molecule has 0 saturated heterocycles. The Balaban J connectivity index is 2.21. The lowest BCUT2D eigenvalue weighted by Gasteiger charge is -2.24. The molecule has 2 aromatic carbocycles. The molecule has 0 heterocycles. The van der Waals surface area contributed by atoms with Gasteiger partial charge in [0.25, 0.3) is 0 Å². The standard InChI is InChI=1S/C18H20O4/c1-3-18(4-2,16(19)20)17(21)22-12-14-10-7-9-13-8-5-6-11-15(13)14/h5-11H,3-4,12H2,1-2H3,(H,19,20). The van der Waals surface area contributed by atoms with E-state index >= 15 is 0 Å². The number of esters is 1. The Bertz CT molecular complexity index is 681. The molecule has 0 aliphatic heterocycles.